The number of unbranched alkanes of at least 4 members (excludes halogenated alkanes) is 3. The first kappa shape index (κ1) is 34.7. The minimum atomic E-state index is -1.43. The lowest BCUT2D eigenvalue weighted by atomic mass is 9.97. The molecule has 3 N–H and O–H groups in total. The van der Waals surface area contributed by atoms with Gasteiger partial charge in [0.2, 0.25) is 11.8 Å². The van der Waals surface area contributed by atoms with Crippen molar-refractivity contribution in [1.29, 1.82) is 0 Å². The van der Waals surface area contributed by atoms with Gasteiger partial charge in [0.15, 0.2) is 0 Å². The molecule has 0 aliphatic heterocycles. The zero-order valence-electron chi connectivity index (χ0n) is 23.8. The summed E-state index contributed by atoms with van der Waals surface area (Å²) >= 11 is 0. The van der Waals surface area contributed by atoms with E-state index in [1.165, 1.54) is 6.42 Å². The summed E-state index contributed by atoms with van der Waals surface area (Å²) in [4.78, 5) is 24.4. The molecule has 0 aromatic rings. The van der Waals surface area contributed by atoms with Crippen LogP contribution in [0.25, 0.3) is 0 Å². The molecule has 0 aliphatic rings. The summed E-state index contributed by atoms with van der Waals surface area (Å²) in [7, 11) is 0. The Morgan fingerprint density at radius 1 is 0.889 bits per heavy atom. The molecule has 0 saturated carbocycles. The number of nitrogens with one attached hydrogen (secondary N) is 3. The number of hydrogen-bond acceptors (Lipinski definition) is 6. The number of ether oxygens (including phenoxy) is 3. The van der Waals surface area contributed by atoms with Gasteiger partial charge < -0.3 is 30.2 Å². The van der Waals surface area contributed by atoms with Crippen LogP contribution in [-0.4, -0.2) is 82.3 Å². The molecule has 214 valence electrons. The fourth-order valence-corrected chi connectivity index (χ4v) is 3.42. The molecule has 0 rings (SSSR count). The zero-order chi connectivity index (χ0) is 27.2. The van der Waals surface area contributed by atoms with Crippen LogP contribution < -0.4 is 16.0 Å². The smallest absolute Gasteiger partial charge is 0.246 e. The Hall–Kier alpha value is -1.29. The quantitative estimate of drug-likeness (QED) is 0.168. The topological polar surface area (TPSA) is 97.9 Å². The van der Waals surface area contributed by atoms with E-state index in [0.717, 1.165) is 45.1 Å². The van der Waals surface area contributed by atoms with Crippen molar-refractivity contribution in [3.63, 3.8) is 0 Å². The Balaban J connectivity index is 3.95. The van der Waals surface area contributed by atoms with Gasteiger partial charge in [0.25, 0.3) is 0 Å². The number of hydrogen-bond donors (Lipinski definition) is 3. The van der Waals surface area contributed by atoms with Gasteiger partial charge in [0.1, 0.15) is 12.8 Å². The van der Waals surface area contributed by atoms with Crippen LogP contribution >= 0.6 is 0 Å². The Kier molecular flexibility index (Phi) is 21.0. The molecule has 0 heterocycles. The highest BCUT2D eigenvalue weighted by molar-refractivity contribution is 5.78. The van der Waals surface area contributed by atoms with Crippen LogP contribution in [0.1, 0.15) is 86.5 Å². The summed E-state index contributed by atoms with van der Waals surface area (Å²) in [6, 6.07) is 0.489. The van der Waals surface area contributed by atoms with Gasteiger partial charge in [-0.25, -0.2) is 4.39 Å². The van der Waals surface area contributed by atoms with Crippen molar-refractivity contribution >= 4 is 11.8 Å². The minimum absolute atomic E-state index is 0.0933. The highest BCUT2D eigenvalue weighted by Gasteiger charge is 2.32. The third-order valence-electron chi connectivity index (χ3n) is 6.35. The van der Waals surface area contributed by atoms with Crippen molar-refractivity contribution in [1.82, 2.24) is 16.0 Å². The summed E-state index contributed by atoms with van der Waals surface area (Å²) < 4.78 is 31.2. The van der Waals surface area contributed by atoms with E-state index >= 15 is 0 Å². The van der Waals surface area contributed by atoms with Crippen LogP contribution in [0, 0.1) is 5.92 Å². The molecule has 9 heteroatoms. The van der Waals surface area contributed by atoms with Crippen LogP contribution in [0.4, 0.5) is 4.39 Å². The normalized spacial score (nSPS) is 14.3. The van der Waals surface area contributed by atoms with Gasteiger partial charge in [-0.1, -0.05) is 46.5 Å². The molecule has 3 atom stereocenters. The van der Waals surface area contributed by atoms with Gasteiger partial charge >= 0.3 is 0 Å². The minimum Gasteiger partial charge on any atom is -0.378 e. The number of alkyl halides is 1. The van der Waals surface area contributed by atoms with Crippen LogP contribution in [0.3, 0.4) is 0 Å². The second kappa shape index (κ2) is 21.8. The third-order valence-corrected chi connectivity index (χ3v) is 6.35. The zero-order valence-corrected chi connectivity index (χ0v) is 23.8. The molecule has 3 unspecified atom stereocenters. The second-order valence-electron chi connectivity index (χ2n) is 9.90. The SMILES string of the molecule is CCCCCCC(CC)C(=O)NCC(F)C(C)(C)OCC(=O)NCCOCCOCCNC(C)CC. The van der Waals surface area contributed by atoms with Gasteiger partial charge in [-0.2, -0.15) is 0 Å². The van der Waals surface area contributed by atoms with Gasteiger partial charge in [-0.05, 0) is 40.0 Å². The first-order valence-electron chi connectivity index (χ1n) is 13.9. The summed E-state index contributed by atoms with van der Waals surface area (Å²) in [5.74, 6) is -0.545. The van der Waals surface area contributed by atoms with Crippen molar-refractivity contribution in [3.8, 4) is 0 Å². The van der Waals surface area contributed by atoms with Crippen molar-refractivity contribution < 1.29 is 28.2 Å². The molecule has 0 aromatic carbocycles. The average Bonchev–Trinajstić information content (AvgIpc) is 2.86. The van der Waals surface area contributed by atoms with Crippen LogP contribution in [-0.2, 0) is 23.8 Å². The number of carbonyl (C=O) groups excluding carboxylic acids is 2. The molecular weight excluding hydrogens is 465 g/mol. The van der Waals surface area contributed by atoms with Crippen molar-refractivity contribution in [3.05, 3.63) is 0 Å². The predicted molar refractivity (Wildman–Crippen MR) is 143 cm³/mol. The maximum Gasteiger partial charge on any atom is 0.246 e. The van der Waals surface area contributed by atoms with E-state index in [2.05, 4.69) is 36.7 Å². The lowest BCUT2D eigenvalue weighted by Gasteiger charge is -2.29. The van der Waals surface area contributed by atoms with Crippen LogP contribution in [0.2, 0.25) is 0 Å². The van der Waals surface area contributed by atoms with E-state index in [1.807, 2.05) is 6.92 Å². The van der Waals surface area contributed by atoms with Crippen molar-refractivity contribution in [2.45, 2.75) is 104 Å². The number of carbonyl (C=O) groups is 2. The first-order valence-corrected chi connectivity index (χ1v) is 13.9. The fraction of sp³-hybridized carbons (Fsp3) is 0.926. The summed E-state index contributed by atoms with van der Waals surface area (Å²) in [6.45, 7) is 14.3. The van der Waals surface area contributed by atoms with E-state index in [1.54, 1.807) is 13.8 Å². The van der Waals surface area contributed by atoms with E-state index < -0.39 is 11.8 Å². The lowest BCUT2D eigenvalue weighted by molar-refractivity contribution is -0.137. The Labute approximate surface area is 219 Å². The Morgan fingerprint density at radius 3 is 2.17 bits per heavy atom. The molecule has 0 bridgehead atoms. The molecule has 2 amide bonds. The molecule has 36 heavy (non-hydrogen) atoms. The third kappa shape index (κ3) is 18.0. The molecule has 0 fully saturated rings. The van der Waals surface area contributed by atoms with Gasteiger partial charge in [-0.15, -0.1) is 0 Å². The van der Waals surface area contributed by atoms with Crippen LogP contribution in [0.5, 0.6) is 0 Å². The number of halogens is 1. The maximum absolute atomic E-state index is 14.8. The second-order valence-corrected chi connectivity index (χ2v) is 9.90. The molecule has 8 nitrogen and oxygen atoms in total. The molecular formula is C27H54FN3O5. The summed E-state index contributed by atoms with van der Waals surface area (Å²) in [5, 5.41) is 8.76. The van der Waals surface area contributed by atoms with Gasteiger partial charge in [-0.3, -0.25) is 9.59 Å². The standard InChI is InChI=1S/C27H54FN3O5/c1-7-10-11-12-13-23(9-3)26(33)31-20-24(28)27(5,6)36-21-25(32)30-15-17-35-19-18-34-16-14-29-22(4)8-2/h22-24,29H,7-21H2,1-6H3,(H,30,32)(H,31,33). The Morgan fingerprint density at radius 2 is 1.56 bits per heavy atom. The molecule has 0 saturated heterocycles. The lowest BCUT2D eigenvalue weighted by Crippen LogP contribution is -2.46. The fourth-order valence-electron chi connectivity index (χ4n) is 3.42. The number of rotatable bonds is 24. The maximum atomic E-state index is 14.8. The first-order chi connectivity index (χ1) is 17.2. The largest absolute Gasteiger partial charge is 0.378 e. The highest BCUT2D eigenvalue weighted by Crippen LogP contribution is 2.19. The van der Waals surface area contributed by atoms with E-state index in [-0.39, 0.29) is 30.9 Å². The van der Waals surface area contributed by atoms with E-state index in [4.69, 9.17) is 14.2 Å². The molecule has 0 aliphatic carbocycles. The monoisotopic (exact) mass is 519 g/mol. The molecule has 0 spiro atoms. The predicted octanol–water partition coefficient (Wildman–Crippen LogP) is 3.77. The van der Waals surface area contributed by atoms with Gasteiger partial charge in [0, 0.05) is 25.0 Å². The summed E-state index contributed by atoms with van der Waals surface area (Å²) in [6.07, 6.45) is 5.66. The van der Waals surface area contributed by atoms with Crippen molar-refractivity contribution in [2.75, 3.05) is 52.7 Å². The van der Waals surface area contributed by atoms with E-state index in [0.29, 0.717) is 39.0 Å². The number of amides is 2. The van der Waals surface area contributed by atoms with Crippen LogP contribution in [0.15, 0.2) is 0 Å². The Bertz CT molecular complexity index is 566. The summed E-state index contributed by atoms with van der Waals surface area (Å²) in [5.41, 5.74) is -1.20. The average molecular weight is 520 g/mol. The molecule has 0 radical (unpaired) electrons. The van der Waals surface area contributed by atoms with Crippen molar-refractivity contribution in [2.24, 2.45) is 5.92 Å². The molecule has 0 aromatic heterocycles. The highest BCUT2D eigenvalue weighted by atomic mass is 19.1. The van der Waals surface area contributed by atoms with Gasteiger partial charge in [0.05, 0.1) is 38.6 Å². The van der Waals surface area contributed by atoms with E-state index in [9.17, 15) is 14.0 Å².